The lowest BCUT2D eigenvalue weighted by Gasteiger charge is -2.01. The lowest BCUT2D eigenvalue weighted by Crippen LogP contribution is -1.93. The van der Waals surface area contributed by atoms with Crippen LogP contribution >= 0.6 is 11.6 Å². The Kier molecular flexibility index (Phi) is 5.77. The monoisotopic (exact) mass is 359 g/mol. The van der Waals surface area contributed by atoms with E-state index >= 15 is 0 Å². The van der Waals surface area contributed by atoms with Crippen LogP contribution in [0, 0.1) is 6.92 Å². The van der Waals surface area contributed by atoms with Crippen molar-refractivity contribution < 1.29 is 4.79 Å². The summed E-state index contributed by atoms with van der Waals surface area (Å²) in [5.41, 5.74) is 4.54. The molecule has 0 amide bonds. The summed E-state index contributed by atoms with van der Waals surface area (Å²) < 4.78 is 0. The molecule has 0 N–H and O–H groups in total. The minimum absolute atomic E-state index is 0.0702. The lowest BCUT2D eigenvalue weighted by molar-refractivity contribution is 0.104. The molecule has 0 radical (unpaired) electrons. The van der Waals surface area contributed by atoms with Gasteiger partial charge >= 0.3 is 0 Å². The molecular weight excluding hydrogens is 342 g/mol. The highest BCUT2D eigenvalue weighted by Crippen LogP contribution is 2.21. The summed E-state index contributed by atoms with van der Waals surface area (Å²) in [5.74, 6) is -0.0702. The van der Waals surface area contributed by atoms with Crippen LogP contribution in [0.5, 0.6) is 0 Å². The summed E-state index contributed by atoms with van der Waals surface area (Å²) in [7, 11) is 0. The second-order valence-electron chi connectivity index (χ2n) is 5.94. The molecule has 0 aliphatic heterocycles. The molecule has 0 saturated carbocycles. The van der Waals surface area contributed by atoms with E-state index in [9.17, 15) is 4.79 Å². The van der Waals surface area contributed by atoms with Crippen molar-refractivity contribution in [3.63, 3.8) is 0 Å². The molecule has 2 nitrogen and oxygen atoms in total. The number of carbonyl (C=O) groups excluding carboxylic acids is 1. The molecule has 26 heavy (non-hydrogen) atoms. The van der Waals surface area contributed by atoms with Crippen LogP contribution in [0.1, 0.15) is 27.0 Å². The van der Waals surface area contributed by atoms with Gasteiger partial charge in [-0.05, 0) is 55.0 Å². The number of para-hydroxylation sites is 1. The van der Waals surface area contributed by atoms with Crippen molar-refractivity contribution in [3.8, 4) is 0 Å². The Morgan fingerprint density at radius 1 is 0.962 bits per heavy atom. The number of aliphatic imine (C=N–C) groups is 1. The summed E-state index contributed by atoms with van der Waals surface area (Å²) in [6.07, 6.45) is 5.19. The Morgan fingerprint density at radius 2 is 1.73 bits per heavy atom. The quantitative estimate of drug-likeness (QED) is 0.299. The minimum Gasteiger partial charge on any atom is -0.289 e. The van der Waals surface area contributed by atoms with E-state index < -0.39 is 0 Å². The molecule has 0 aromatic heterocycles. The van der Waals surface area contributed by atoms with Gasteiger partial charge in [0.1, 0.15) is 0 Å². The number of hydrogen-bond acceptors (Lipinski definition) is 2. The number of aryl methyl sites for hydroxylation is 1. The maximum atomic E-state index is 12.3. The van der Waals surface area contributed by atoms with Crippen molar-refractivity contribution in [2.75, 3.05) is 0 Å². The molecule has 0 unspecified atom stereocenters. The van der Waals surface area contributed by atoms with Crippen LogP contribution in [0.3, 0.4) is 0 Å². The van der Waals surface area contributed by atoms with Gasteiger partial charge in [0.15, 0.2) is 5.78 Å². The molecule has 3 heteroatoms. The van der Waals surface area contributed by atoms with E-state index in [0.717, 1.165) is 16.8 Å². The van der Waals surface area contributed by atoms with Crippen LogP contribution in [0.15, 0.2) is 83.9 Å². The molecule has 0 heterocycles. The minimum atomic E-state index is -0.0702. The number of ketones is 1. The highest BCUT2D eigenvalue weighted by molar-refractivity contribution is 6.30. The van der Waals surface area contributed by atoms with Crippen LogP contribution in [0.25, 0.3) is 6.08 Å². The van der Waals surface area contributed by atoms with Gasteiger partial charge in [-0.1, -0.05) is 59.6 Å². The molecular formula is C23H18ClNO. The maximum absolute atomic E-state index is 12.3. The molecule has 0 spiro atoms. The second kappa shape index (κ2) is 8.41. The van der Waals surface area contributed by atoms with E-state index in [-0.39, 0.29) is 5.78 Å². The summed E-state index contributed by atoms with van der Waals surface area (Å²) in [4.78, 5) is 16.9. The van der Waals surface area contributed by atoms with Gasteiger partial charge in [-0.2, -0.15) is 0 Å². The van der Waals surface area contributed by atoms with Crippen molar-refractivity contribution in [1.29, 1.82) is 0 Å². The molecule has 128 valence electrons. The Labute approximate surface area is 158 Å². The van der Waals surface area contributed by atoms with Crippen molar-refractivity contribution in [1.82, 2.24) is 0 Å². The fourth-order valence-corrected chi connectivity index (χ4v) is 2.64. The molecule has 0 atom stereocenters. The predicted molar refractivity (Wildman–Crippen MR) is 110 cm³/mol. The highest BCUT2D eigenvalue weighted by atomic mass is 35.5. The van der Waals surface area contributed by atoms with Crippen molar-refractivity contribution in [2.45, 2.75) is 6.92 Å². The van der Waals surface area contributed by atoms with Gasteiger partial charge < -0.3 is 0 Å². The standard InChI is InChI=1S/C23H18ClNO/c1-17-5-4-6-18(15-17)16-25-22-8-3-2-7-19(22)11-14-23(26)20-9-12-21(24)13-10-20/h2-16H,1H3/b14-11+,25-16?. The summed E-state index contributed by atoms with van der Waals surface area (Å²) in [5, 5.41) is 0.612. The summed E-state index contributed by atoms with van der Waals surface area (Å²) >= 11 is 5.86. The van der Waals surface area contributed by atoms with Gasteiger partial charge in [0.2, 0.25) is 0 Å². The molecule has 0 bridgehead atoms. The fourth-order valence-electron chi connectivity index (χ4n) is 2.52. The number of benzene rings is 3. The Hall–Kier alpha value is -2.97. The Morgan fingerprint density at radius 3 is 2.50 bits per heavy atom. The van der Waals surface area contributed by atoms with Gasteiger partial charge in [-0.25, -0.2) is 0 Å². The van der Waals surface area contributed by atoms with E-state index in [1.165, 1.54) is 5.56 Å². The van der Waals surface area contributed by atoms with E-state index in [4.69, 9.17) is 11.6 Å². The fraction of sp³-hybridized carbons (Fsp3) is 0.0435. The van der Waals surface area contributed by atoms with Gasteiger partial charge in [-0.15, -0.1) is 0 Å². The number of carbonyl (C=O) groups is 1. The van der Waals surface area contributed by atoms with Crippen LogP contribution in [0.2, 0.25) is 5.02 Å². The summed E-state index contributed by atoms with van der Waals surface area (Å²) in [6, 6.07) is 22.7. The molecule has 3 aromatic rings. The van der Waals surface area contributed by atoms with E-state index in [1.54, 1.807) is 36.4 Å². The molecule has 3 rings (SSSR count). The zero-order valence-electron chi connectivity index (χ0n) is 14.4. The smallest absolute Gasteiger partial charge is 0.185 e. The average molecular weight is 360 g/mol. The van der Waals surface area contributed by atoms with E-state index in [0.29, 0.717) is 10.6 Å². The Bertz CT molecular complexity index is 972. The van der Waals surface area contributed by atoms with Crippen molar-refractivity contribution >= 4 is 35.4 Å². The van der Waals surface area contributed by atoms with Gasteiger partial charge in [-0.3, -0.25) is 9.79 Å². The van der Waals surface area contributed by atoms with Crippen LogP contribution in [0.4, 0.5) is 5.69 Å². The topological polar surface area (TPSA) is 29.4 Å². The number of allylic oxidation sites excluding steroid dienone is 1. The first-order valence-electron chi connectivity index (χ1n) is 8.29. The molecule has 0 fully saturated rings. The zero-order valence-corrected chi connectivity index (χ0v) is 15.1. The first-order chi connectivity index (χ1) is 12.6. The molecule has 0 saturated heterocycles. The highest BCUT2D eigenvalue weighted by Gasteiger charge is 2.02. The van der Waals surface area contributed by atoms with Gasteiger partial charge in [0.25, 0.3) is 0 Å². The number of halogens is 1. The predicted octanol–water partition coefficient (Wildman–Crippen LogP) is 6.30. The normalized spacial score (nSPS) is 11.3. The van der Waals surface area contributed by atoms with Crippen molar-refractivity contribution in [3.05, 3.63) is 106 Å². The first-order valence-corrected chi connectivity index (χ1v) is 8.67. The second-order valence-corrected chi connectivity index (χ2v) is 6.37. The lowest BCUT2D eigenvalue weighted by atomic mass is 10.1. The molecule has 3 aromatic carbocycles. The average Bonchev–Trinajstić information content (AvgIpc) is 2.66. The van der Waals surface area contributed by atoms with Crippen molar-refractivity contribution in [2.24, 2.45) is 4.99 Å². The summed E-state index contributed by atoms with van der Waals surface area (Å²) in [6.45, 7) is 2.05. The van der Waals surface area contributed by atoms with Gasteiger partial charge in [0.05, 0.1) is 5.69 Å². The molecule has 0 aliphatic carbocycles. The third-order valence-corrected chi connectivity index (χ3v) is 4.13. The third kappa shape index (κ3) is 4.78. The maximum Gasteiger partial charge on any atom is 0.185 e. The third-order valence-electron chi connectivity index (χ3n) is 3.87. The van der Waals surface area contributed by atoms with Crippen LogP contribution in [-0.4, -0.2) is 12.0 Å². The SMILES string of the molecule is Cc1cccc(C=Nc2ccccc2/C=C/C(=O)c2ccc(Cl)cc2)c1. The van der Waals surface area contributed by atoms with Crippen LogP contribution in [-0.2, 0) is 0 Å². The largest absolute Gasteiger partial charge is 0.289 e. The Balaban J connectivity index is 1.80. The van der Waals surface area contributed by atoms with Crippen LogP contribution < -0.4 is 0 Å². The number of nitrogens with zero attached hydrogens (tertiary/aromatic N) is 1. The zero-order chi connectivity index (χ0) is 18.4. The number of hydrogen-bond donors (Lipinski definition) is 0. The van der Waals surface area contributed by atoms with E-state index in [2.05, 4.69) is 24.0 Å². The van der Waals surface area contributed by atoms with E-state index in [1.807, 2.05) is 42.6 Å². The molecule has 0 aliphatic rings. The van der Waals surface area contributed by atoms with Gasteiger partial charge in [0, 0.05) is 22.4 Å². The first kappa shape index (κ1) is 17.8. The number of rotatable bonds is 5.